The molecule has 0 heterocycles. The van der Waals surface area contributed by atoms with Crippen molar-refractivity contribution in [2.24, 2.45) is 0 Å². The predicted molar refractivity (Wildman–Crippen MR) is 77.1 cm³/mol. The maximum absolute atomic E-state index is 8.88. The van der Waals surface area contributed by atoms with Crippen LogP contribution in [0, 0.1) is 11.3 Å². The molecule has 0 atom stereocenters. The van der Waals surface area contributed by atoms with E-state index in [9.17, 15) is 0 Å². The number of thioether (sulfide) groups is 1. The normalized spacial score (nSPS) is 9.78. The third-order valence-electron chi connectivity index (χ3n) is 2.53. The lowest BCUT2D eigenvalue weighted by atomic mass is 10.2. The first-order valence-electron chi connectivity index (χ1n) is 5.43. The number of hydrogen-bond acceptors (Lipinski definition) is 4. The Labute approximate surface area is 111 Å². The summed E-state index contributed by atoms with van der Waals surface area (Å²) in [5.74, 6) is 0. The lowest BCUT2D eigenvalue weighted by molar-refractivity contribution is 1.43. The zero-order valence-electron chi connectivity index (χ0n) is 9.97. The molecule has 0 fully saturated rings. The number of hydrogen-bond donors (Lipinski definition) is 2. The topological polar surface area (TPSA) is 61.8 Å². The molecule has 0 aliphatic heterocycles. The minimum Gasteiger partial charge on any atom is -0.397 e. The van der Waals surface area contributed by atoms with Crippen molar-refractivity contribution in [3.05, 3.63) is 48.0 Å². The molecular formula is C14H13N3S. The van der Waals surface area contributed by atoms with Gasteiger partial charge in [-0.2, -0.15) is 5.26 Å². The van der Waals surface area contributed by atoms with E-state index in [1.807, 2.05) is 30.5 Å². The molecule has 0 unspecified atom stereocenters. The van der Waals surface area contributed by atoms with Gasteiger partial charge in [-0.3, -0.25) is 0 Å². The maximum Gasteiger partial charge on any atom is 0.0992 e. The second-order valence-corrected chi connectivity index (χ2v) is 4.65. The Morgan fingerprint density at radius 1 is 1.22 bits per heavy atom. The number of nitrogens with one attached hydrogen (secondary N) is 1. The summed E-state index contributed by atoms with van der Waals surface area (Å²) in [5, 5.41) is 12.1. The summed E-state index contributed by atoms with van der Waals surface area (Å²) in [5.41, 5.74) is 8.82. The molecule has 3 N–H and O–H groups in total. The fraction of sp³-hybridized carbons (Fsp3) is 0.0714. The van der Waals surface area contributed by atoms with E-state index >= 15 is 0 Å². The molecule has 3 nitrogen and oxygen atoms in total. The minimum atomic E-state index is 0.590. The first-order chi connectivity index (χ1) is 8.72. The zero-order chi connectivity index (χ0) is 13.0. The highest BCUT2D eigenvalue weighted by atomic mass is 32.2. The van der Waals surface area contributed by atoms with Gasteiger partial charge in [0.2, 0.25) is 0 Å². The van der Waals surface area contributed by atoms with Crippen molar-refractivity contribution in [1.82, 2.24) is 0 Å². The molecule has 0 saturated carbocycles. The Bertz CT molecular complexity index is 602. The van der Waals surface area contributed by atoms with E-state index in [-0.39, 0.29) is 0 Å². The molecular weight excluding hydrogens is 242 g/mol. The largest absolute Gasteiger partial charge is 0.397 e. The maximum atomic E-state index is 8.88. The number of nitrogens with two attached hydrogens (primary N) is 1. The van der Waals surface area contributed by atoms with Gasteiger partial charge in [0.05, 0.1) is 23.0 Å². The molecule has 18 heavy (non-hydrogen) atoms. The smallest absolute Gasteiger partial charge is 0.0992 e. The summed E-state index contributed by atoms with van der Waals surface area (Å²) in [7, 11) is 0. The Morgan fingerprint density at radius 3 is 2.78 bits per heavy atom. The molecule has 2 rings (SSSR count). The second kappa shape index (κ2) is 5.48. The van der Waals surface area contributed by atoms with Crippen LogP contribution in [0.25, 0.3) is 0 Å². The van der Waals surface area contributed by atoms with Gasteiger partial charge in [-0.25, -0.2) is 0 Å². The first-order valence-corrected chi connectivity index (χ1v) is 6.66. The van der Waals surface area contributed by atoms with Crippen LogP contribution in [0.1, 0.15) is 5.56 Å². The number of nitriles is 1. The average molecular weight is 255 g/mol. The fourth-order valence-electron chi connectivity index (χ4n) is 1.59. The van der Waals surface area contributed by atoms with Gasteiger partial charge in [-0.15, -0.1) is 11.8 Å². The number of nitrogens with zero attached hydrogens (tertiary/aromatic N) is 1. The molecule has 0 bridgehead atoms. The highest BCUT2D eigenvalue weighted by Crippen LogP contribution is 2.26. The van der Waals surface area contributed by atoms with Crippen molar-refractivity contribution in [3.8, 4) is 6.07 Å². The highest BCUT2D eigenvalue weighted by Gasteiger charge is 2.02. The molecule has 0 aliphatic rings. The Kier molecular flexibility index (Phi) is 3.75. The summed E-state index contributed by atoms with van der Waals surface area (Å²) >= 11 is 1.68. The Morgan fingerprint density at radius 2 is 2.06 bits per heavy atom. The molecule has 4 heteroatoms. The molecule has 0 saturated heterocycles. The summed E-state index contributed by atoms with van der Waals surface area (Å²) < 4.78 is 0. The fourth-order valence-corrected chi connectivity index (χ4v) is 2.05. The lowest BCUT2D eigenvalue weighted by Crippen LogP contribution is -1.96. The third kappa shape index (κ3) is 2.76. The Balaban J connectivity index is 2.30. The van der Waals surface area contributed by atoms with Crippen molar-refractivity contribution in [1.29, 1.82) is 5.26 Å². The van der Waals surface area contributed by atoms with Crippen LogP contribution in [0.4, 0.5) is 17.1 Å². The molecule has 0 spiro atoms. The van der Waals surface area contributed by atoms with Crippen molar-refractivity contribution >= 4 is 28.8 Å². The van der Waals surface area contributed by atoms with Crippen LogP contribution in [0.15, 0.2) is 47.4 Å². The zero-order valence-corrected chi connectivity index (χ0v) is 10.8. The molecule has 2 aromatic carbocycles. The van der Waals surface area contributed by atoms with E-state index in [1.165, 1.54) is 4.90 Å². The van der Waals surface area contributed by atoms with Crippen molar-refractivity contribution in [3.63, 3.8) is 0 Å². The highest BCUT2D eigenvalue weighted by molar-refractivity contribution is 7.98. The van der Waals surface area contributed by atoms with Gasteiger partial charge in [0.25, 0.3) is 0 Å². The van der Waals surface area contributed by atoms with Crippen LogP contribution in [-0.2, 0) is 0 Å². The van der Waals surface area contributed by atoms with Gasteiger partial charge in [-0.05, 0) is 42.7 Å². The summed E-state index contributed by atoms with van der Waals surface area (Å²) in [6, 6.07) is 15.3. The SMILES string of the molecule is CSc1cccc(Nc2cc(C#N)ccc2N)c1. The van der Waals surface area contributed by atoms with Gasteiger partial charge in [0.15, 0.2) is 0 Å². The van der Waals surface area contributed by atoms with Crippen LogP contribution in [0.5, 0.6) is 0 Å². The van der Waals surface area contributed by atoms with Gasteiger partial charge in [0, 0.05) is 10.6 Å². The predicted octanol–water partition coefficient (Wildman–Crippen LogP) is 3.61. The van der Waals surface area contributed by atoms with E-state index in [4.69, 9.17) is 11.0 Å². The van der Waals surface area contributed by atoms with Crippen molar-refractivity contribution in [2.45, 2.75) is 4.90 Å². The molecule has 0 aromatic heterocycles. The standard InChI is InChI=1S/C14H13N3S/c1-18-12-4-2-3-11(8-12)17-14-7-10(9-15)5-6-13(14)16/h2-8,17H,16H2,1H3. The number of rotatable bonds is 3. The number of nitrogen functional groups attached to an aromatic ring is 1. The van der Waals surface area contributed by atoms with E-state index in [1.54, 1.807) is 30.0 Å². The van der Waals surface area contributed by atoms with Crippen molar-refractivity contribution in [2.75, 3.05) is 17.3 Å². The second-order valence-electron chi connectivity index (χ2n) is 3.77. The van der Waals surface area contributed by atoms with Gasteiger partial charge >= 0.3 is 0 Å². The van der Waals surface area contributed by atoms with Crippen LogP contribution < -0.4 is 11.1 Å². The molecule has 90 valence electrons. The van der Waals surface area contributed by atoms with E-state index in [0.717, 1.165) is 11.4 Å². The van der Waals surface area contributed by atoms with E-state index in [2.05, 4.69) is 11.4 Å². The quantitative estimate of drug-likeness (QED) is 0.649. The minimum absolute atomic E-state index is 0.590. The monoisotopic (exact) mass is 255 g/mol. The number of anilines is 3. The van der Waals surface area contributed by atoms with Gasteiger partial charge in [0.1, 0.15) is 0 Å². The van der Waals surface area contributed by atoms with Crippen LogP contribution in [0.2, 0.25) is 0 Å². The first kappa shape index (κ1) is 12.3. The van der Waals surface area contributed by atoms with Crippen molar-refractivity contribution < 1.29 is 0 Å². The van der Waals surface area contributed by atoms with Crippen LogP contribution >= 0.6 is 11.8 Å². The van der Waals surface area contributed by atoms with E-state index in [0.29, 0.717) is 11.3 Å². The van der Waals surface area contributed by atoms with Gasteiger partial charge in [-0.1, -0.05) is 6.07 Å². The molecule has 0 aliphatic carbocycles. The molecule has 0 amide bonds. The summed E-state index contributed by atoms with van der Waals surface area (Å²) in [6.07, 6.45) is 2.03. The number of benzene rings is 2. The summed E-state index contributed by atoms with van der Waals surface area (Å²) in [4.78, 5) is 1.18. The summed E-state index contributed by atoms with van der Waals surface area (Å²) in [6.45, 7) is 0. The van der Waals surface area contributed by atoms with Crippen LogP contribution in [0.3, 0.4) is 0 Å². The lowest BCUT2D eigenvalue weighted by Gasteiger charge is -2.10. The molecule has 0 radical (unpaired) electrons. The molecule has 2 aromatic rings. The third-order valence-corrected chi connectivity index (χ3v) is 3.26. The van der Waals surface area contributed by atoms with E-state index < -0.39 is 0 Å². The van der Waals surface area contributed by atoms with Gasteiger partial charge < -0.3 is 11.1 Å². The van der Waals surface area contributed by atoms with Crippen LogP contribution in [-0.4, -0.2) is 6.26 Å². The Hall–Kier alpha value is -2.12. The average Bonchev–Trinajstić information content (AvgIpc) is 2.41.